The van der Waals surface area contributed by atoms with Crippen LogP contribution in [0.4, 0.5) is 0 Å². The minimum Gasteiger partial charge on any atom is -0.497 e. The second kappa shape index (κ2) is 14.5. The number of aromatic nitrogens is 2. The fraction of sp³-hybridized carbons (Fsp3) is 0.294. The lowest BCUT2D eigenvalue weighted by Gasteiger charge is -2.40. The maximum Gasteiger partial charge on any atom is 0.330 e. The molecule has 0 saturated carbocycles. The molecule has 5 rings (SSSR count). The van der Waals surface area contributed by atoms with Crippen LogP contribution in [0, 0.1) is 0 Å². The van der Waals surface area contributed by atoms with Crippen molar-refractivity contribution in [3.05, 3.63) is 129 Å². The maximum absolute atomic E-state index is 13.0. The Morgan fingerprint density at radius 2 is 1.43 bits per heavy atom. The minimum atomic E-state index is -1.48. The van der Waals surface area contributed by atoms with E-state index in [1.54, 1.807) is 38.5 Å². The molecule has 0 amide bonds. The van der Waals surface area contributed by atoms with Gasteiger partial charge in [0.05, 0.1) is 27.1 Å². The normalized spacial score (nSPS) is 19.2. The number of nitrogens with zero attached hydrogens (tertiary/aromatic N) is 1. The zero-order valence-corrected chi connectivity index (χ0v) is 25.6. The molecule has 0 unspecified atom stereocenters. The molecule has 0 bridgehead atoms. The predicted molar refractivity (Wildman–Crippen MR) is 166 cm³/mol. The van der Waals surface area contributed by atoms with E-state index in [0.717, 1.165) is 10.6 Å². The Morgan fingerprint density at radius 3 is 1.96 bits per heavy atom. The van der Waals surface area contributed by atoms with Crippen molar-refractivity contribution in [2.75, 3.05) is 20.8 Å². The summed E-state index contributed by atoms with van der Waals surface area (Å²) in [6, 6.07) is 24.7. The highest BCUT2D eigenvalue weighted by atomic mass is 16.6. The molecule has 0 aliphatic carbocycles. The Balaban J connectivity index is 1.65. The SMILES string of the molecule is COc1ccc(C(O[C@H]2[C@H](O)[C@@H](COC(=O)CCC(=O)O)O[C@H]2n2ccc(=O)[nH]c2=O)(c2ccccc2)c2ccc(OC)cc2)cc1. The first-order chi connectivity index (χ1) is 22.7. The van der Waals surface area contributed by atoms with Crippen LogP contribution in [-0.2, 0) is 29.4 Å². The van der Waals surface area contributed by atoms with Crippen molar-refractivity contribution in [1.29, 1.82) is 0 Å². The number of aliphatic carboxylic acids is 1. The zero-order valence-electron chi connectivity index (χ0n) is 25.6. The summed E-state index contributed by atoms with van der Waals surface area (Å²) in [7, 11) is 3.10. The number of carboxylic acids is 1. The highest BCUT2D eigenvalue weighted by Crippen LogP contribution is 2.46. The van der Waals surface area contributed by atoms with Crippen LogP contribution in [0.1, 0.15) is 35.8 Å². The Hall–Kier alpha value is -5.24. The predicted octanol–water partition coefficient (Wildman–Crippen LogP) is 2.60. The third kappa shape index (κ3) is 7.12. The summed E-state index contributed by atoms with van der Waals surface area (Å²) in [6.45, 7) is -0.461. The first-order valence-electron chi connectivity index (χ1n) is 14.7. The van der Waals surface area contributed by atoms with E-state index < -0.39 is 66.4 Å². The fourth-order valence-electron chi connectivity index (χ4n) is 5.52. The number of carbonyl (C=O) groups excluding carboxylic acids is 1. The number of aliphatic hydroxyl groups is 1. The monoisotopic (exact) mass is 646 g/mol. The molecule has 4 atom stereocenters. The van der Waals surface area contributed by atoms with Gasteiger partial charge in [0.2, 0.25) is 0 Å². The van der Waals surface area contributed by atoms with Gasteiger partial charge in [-0.15, -0.1) is 0 Å². The Morgan fingerprint density at radius 1 is 0.851 bits per heavy atom. The molecule has 3 aromatic carbocycles. The van der Waals surface area contributed by atoms with Gasteiger partial charge in [0, 0.05) is 12.3 Å². The van der Waals surface area contributed by atoms with Gasteiger partial charge in [-0.05, 0) is 41.0 Å². The smallest absolute Gasteiger partial charge is 0.330 e. The van der Waals surface area contributed by atoms with Crippen LogP contribution in [0.15, 0.2) is 101 Å². The molecule has 1 saturated heterocycles. The van der Waals surface area contributed by atoms with Crippen molar-refractivity contribution in [3.8, 4) is 11.5 Å². The van der Waals surface area contributed by atoms with Crippen LogP contribution in [0.25, 0.3) is 0 Å². The number of H-pyrrole nitrogens is 1. The summed E-state index contributed by atoms with van der Waals surface area (Å²) in [4.78, 5) is 50.3. The van der Waals surface area contributed by atoms with Gasteiger partial charge in [-0.1, -0.05) is 54.6 Å². The van der Waals surface area contributed by atoms with Gasteiger partial charge in [-0.3, -0.25) is 23.9 Å². The summed E-state index contributed by atoms with van der Waals surface area (Å²) in [5.74, 6) is -0.783. The number of hydrogen-bond acceptors (Lipinski definition) is 10. The standard InChI is InChI=1S/C34H34N2O11/c1-43-24-12-8-22(9-13-24)34(21-6-4-3-5-7-21,23-10-14-25(44-2)15-11-23)47-31-30(41)26(20-45-29(40)17-16-28(38)39)46-32(31)36-19-18-27(37)35-33(36)42/h3-15,18-19,26,30-32,41H,16-17,20H2,1-2H3,(H,38,39)(H,35,37,42)/t26-,30-,31+,32-/m1/s1. The van der Waals surface area contributed by atoms with E-state index in [2.05, 4.69) is 4.98 Å². The van der Waals surface area contributed by atoms with Gasteiger partial charge in [-0.25, -0.2) is 4.79 Å². The highest BCUT2D eigenvalue weighted by molar-refractivity contribution is 5.76. The average molecular weight is 647 g/mol. The molecule has 47 heavy (non-hydrogen) atoms. The second-order valence-electron chi connectivity index (χ2n) is 10.7. The molecule has 2 heterocycles. The Bertz CT molecular complexity index is 1740. The van der Waals surface area contributed by atoms with Gasteiger partial charge in [0.25, 0.3) is 5.56 Å². The van der Waals surface area contributed by atoms with E-state index in [0.29, 0.717) is 28.2 Å². The van der Waals surface area contributed by atoms with Crippen molar-refractivity contribution < 1.29 is 43.5 Å². The summed E-state index contributed by atoms with van der Waals surface area (Å²) in [5, 5.41) is 20.7. The number of carboxylic acid groups (broad SMARTS) is 1. The molecule has 1 aromatic heterocycles. The van der Waals surface area contributed by atoms with E-state index in [1.807, 2.05) is 54.6 Å². The number of aliphatic hydroxyl groups excluding tert-OH is 1. The van der Waals surface area contributed by atoms with Crippen molar-refractivity contribution in [2.24, 2.45) is 0 Å². The van der Waals surface area contributed by atoms with Crippen LogP contribution < -0.4 is 20.7 Å². The van der Waals surface area contributed by atoms with Crippen LogP contribution in [-0.4, -0.2) is 70.8 Å². The van der Waals surface area contributed by atoms with Crippen LogP contribution in [0.3, 0.4) is 0 Å². The summed E-state index contributed by atoms with van der Waals surface area (Å²) in [5.41, 5.74) is -0.955. The van der Waals surface area contributed by atoms with Crippen LogP contribution in [0.5, 0.6) is 11.5 Å². The quantitative estimate of drug-likeness (QED) is 0.144. The number of benzene rings is 3. The van der Waals surface area contributed by atoms with Crippen molar-refractivity contribution in [3.63, 3.8) is 0 Å². The summed E-state index contributed by atoms with van der Waals surface area (Å²) < 4.78 is 30.3. The molecule has 0 spiro atoms. The number of nitrogens with one attached hydrogen (secondary N) is 1. The molecule has 4 aromatic rings. The Kier molecular flexibility index (Phi) is 10.2. The number of hydrogen-bond donors (Lipinski definition) is 3. The molecule has 1 fully saturated rings. The van der Waals surface area contributed by atoms with E-state index in [4.69, 9.17) is 28.8 Å². The summed E-state index contributed by atoms with van der Waals surface area (Å²) >= 11 is 0. The number of methoxy groups -OCH3 is 2. The first-order valence-corrected chi connectivity index (χ1v) is 14.7. The highest BCUT2D eigenvalue weighted by Gasteiger charge is 2.52. The topological polar surface area (TPSA) is 176 Å². The maximum atomic E-state index is 13.0. The van der Waals surface area contributed by atoms with Gasteiger partial charge >= 0.3 is 17.6 Å². The van der Waals surface area contributed by atoms with Crippen molar-refractivity contribution in [2.45, 2.75) is 43.0 Å². The second-order valence-corrected chi connectivity index (χ2v) is 10.7. The average Bonchev–Trinajstić information content (AvgIpc) is 3.39. The van der Waals surface area contributed by atoms with E-state index in [1.165, 1.54) is 6.20 Å². The first kappa shape index (κ1) is 33.1. The third-order valence-corrected chi connectivity index (χ3v) is 7.88. The Labute approximate surface area is 268 Å². The van der Waals surface area contributed by atoms with E-state index in [9.17, 15) is 24.3 Å². The van der Waals surface area contributed by atoms with Gasteiger partial charge in [-0.2, -0.15) is 0 Å². The lowest BCUT2D eigenvalue weighted by Crippen LogP contribution is -2.45. The van der Waals surface area contributed by atoms with Crippen LogP contribution in [0.2, 0.25) is 0 Å². The lowest BCUT2D eigenvalue weighted by molar-refractivity contribution is -0.152. The molecular formula is C34H34N2O11. The van der Waals surface area contributed by atoms with Crippen molar-refractivity contribution in [1.82, 2.24) is 9.55 Å². The molecule has 246 valence electrons. The largest absolute Gasteiger partial charge is 0.497 e. The minimum absolute atomic E-state index is 0.382. The number of ether oxygens (including phenoxy) is 5. The van der Waals surface area contributed by atoms with Crippen LogP contribution >= 0.6 is 0 Å². The fourth-order valence-corrected chi connectivity index (χ4v) is 5.52. The van der Waals surface area contributed by atoms with E-state index in [-0.39, 0.29) is 6.42 Å². The zero-order chi connectivity index (χ0) is 33.6. The third-order valence-electron chi connectivity index (χ3n) is 7.88. The van der Waals surface area contributed by atoms with Gasteiger partial charge in [0.15, 0.2) is 6.23 Å². The molecule has 1 aliphatic heterocycles. The van der Waals surface area contributed by atoms with Crippen molar-refractivity contribution >= 4 is 11.9 Å². The molecule has 1 aliphatic rings. The molecule has 13 heteroatoms. The lowest BCUT2D eigenvalue weighted by atomic mass is 9.79. The molecular weight excluding hydrogens is 612 g/mol. The molecule has 3 N–H and O–H groups in total. The number of aromatic amines is 1. The molecule has 0 radical (unpaired) electrons. The number of rotatable bonds is 13. The number of esters is 1. The molecule has 13 nitrogen and oxygen atoms in total. The number of carbonyl (C=O) groups is 2. The van der Waals surface area contributed by atoms with E-state index >= 15 is 0 Å². The van der Waals surface area contributed by atoms with Gasteiger partial charge in [0.1, 0.15) is 42.0 Å². The summed E-state index contributed by atoms with van der Waals surface area (Å²) in [6.07, 6.45) is -4.88. The van der Waals surface area contributed by atoms with Gasteiger partial charge < -0.3 is 33.9 Å².